The van der Waals surface area contributed by atoms with E-state index in [9.17, 15) is 4.79 Å². The first-order valence-corrected chi connectivity index (χ1v) is 6.85. The fourth-order valence-electron chi connectivity index (χ4n) is 2.41. The van der Waals surface area contributed by atoms with E-state index in [0.717, 1.165) is 6.42 Å². The zero-order valence-electron chi connectivity index (χ0n) is 10.9. The molecule has 4 nitrogen and oxygen atoms in total. The summed E-state index contributed by atoms with van der Waals surface area (Å²) in [6.45, 7) is 3.75. The molecule has 0 saturated heterocycles. The lowest BCUT2D eigenvalue weighted by atomic mass is 9.85. The van der Waals surface area contributed by atoms with Crippen LogP contribution in [0.2, 0.25) is 0 Å². The van der Waals surface area contributed by atoms with Gasteiger partial charge in [0.2, 0.25) is 5.91 Å². The monoisotopic (exact) mass is 242 g/mol. The summed E-state index contributed by atoms with van der Waals surface area (Å²) < 4.78 is 5.16. The second kappa shape index (κ2) is 8.48. The third kappa shape index (κ3) is 6.03. The molecule has 1 fully saturated rings. The van der Waals surface area contributed by atoms with Gasteiger partial charge in [0.1, 0.15) is 0 Å². The molecule has 0 bridgehead atoms. The van der Waals surface area contributed by atoms with Crippen LogP contribution in [0, 0.1) is 5.92 Å². The molecule has 17 heavy (non-hydrogen) atoms. The predicted molar refractivity (Wildman–Crippen MR) is 68.7 cm³/mol. The maximum absolute atomic E-state index is 11.7. The average molecular weight is 242 g/mol. The van der Waals surface area contributed by atoms with Gasteiger partial charge < -0.3 is 15.8 Å². The topological polar surface area (TPSA) is 64.3 Å². The molecule has 1 aliphatic carbocycles. The lowest BCUT2D eigenvalue weighted by Crippen LogP contribution is -2.43. The first-order chi connectivity index (χ1) is 8.24. The largest absolute Gasteiger partial charge is 0.380 e. The van der Waals surface area contributed by atoms with Crippen molar-refractivity contribution in [3.63, 3.8) is 0 Å². The summed E-state index contributed by atoms with van der Waals surface area (Å²) in [6.07, 6.45) is 7.24. The molecule has 1 amide bonds. The number of ether oxygens (including phenoxy) is 1. The minimum Gasteiger partial charge on any atom is -0.380 e. The quantitative estimate of drug-likeness (QED) is 0.664. The van der Waals surface area contributed by atoms with Gasteiger partial charge in [-0.1, -0.05) is 32.1 Å². The van der Waals surface area contributed by atoms with E-state index in [1.807, 2.05) is 6.92 Å². The van der Waals surface area contributed by atoms with Crippen LogP contribution in [-0.4, -0.2) is 31.7 Å². The zero-order chi connectivity index (χ0) is 12.5. The highest BCUT2D eigenvalue weighted by atomic mass is 16.5. The van der Waals surface area contributed by atoms with E-state index in [1.165, 1.54) is 32.1 Å². The first kappa shape index (κ1) is 14.5. The standard InChI is InChI=1S/C13H26N2O2/c1-2-17-9-8-15-13(16)12(14)10-11-6-4-3-5-7-11/h11-12H,2-10,14H2,1H3,(H,15,16). The SMILES string of the molecule is CCOCCNC(=O)C(N)CC1CCCCC1. The van der Waals surface area contributed by atoms with Gasteiger partial charge in [-0.25, -0.2) is 0 Å². The molecule has 1 saturated carbocycles. The van der Waals surface area contributed by atoms with E-state index in [0.29, 0.717) is 25.7 Å². The molecule has 1 unspecified atom stereocenters. The summed E-state index contributed by atoms with van der Waals surface area (Å²) in [5.74, 6) is 0.617. The van der Waals surface area contributed by atoms with Crippen molar-refractivity contribution in [2.24, 2.45) is 11.7 Å². The van der Waals surface area contributed by atoms with Crippen LogP contribution in [0.1, 0.15) is 45.4 Å². The van der Waals surface area contributed by atoms with Crippen molar-refractivity contribution in [3.8, 4) is 0 Å². The molecule has 1 atom stereocenters. The van der Waals surface area contributed by atoms with Gasteiger partial charge in [-0.3, -0.25) is 4.79 Å². The maximum atomic E-state index is 11.7. The number of carbonyl (C=O) groups excluding carboxylic acids is 1. The highest BCUT2D eigenvalue weighted by Crippen LogP contribution is 2.26. The van der Waals surface area contributed by atoms with Crippen LogP contribution in [0.3, 0.4) is 0 Å². The minimum absolute atomic E-state index is 0.0322. The highest BCUT2D eigenvalue weighted by molar-refractivity contribution is 5.81. The Kier molecular flexibility index (Phi) is 7.21. The smallest absolute Gasteiger partial charge is 0.237 e. The fourth-order valence-corrected chi connectivity index (χ4v) is 2.41. The van der Waals surface area contributed by atoms with Crippen molar-refractivity contribution in [2.75, 3.05) is 19.8 Å². The van der Waals surface area contributed by atoms with E-state index in [4.69, 9.17) is 10.5 Å². The van der Waals surface area contributed by atoms with Gasteiger partial charge in [0.25, 0.3) is 0 Å². The molecule has 1 aliphatic rings. The molecule has 0 spiro atoms. The van der Waals surface area contributed by atoms with Crippen LogP contribution in [0.15, 0.2) is 0 Å². The van der Waals surface area contributed by atoms with Crippen LogP contribution < -0.4 is 11.1 Å². The first-order valence-electron chi connectivity index (χ1n) is 6.85. The van der Waals surface area contributed by atoms with E-state index < -0.39 is 0 Å². The van der Waals surface area contributed by atoms with E-state index >= 15 is 0 Å². The molecule has 0 aromatic heterocycles. The van der Waals surface area contributed by atoms with Crippen LogP contribution in [-0.2, 0) is 9.53 Å². The maximum Gasteiger partial charge on any atom is 0.237 e. The Bertz CT molecular complexity index is 215. The number of hydrogen-bond acceptors (Lipinski definition) is 3. The molecule has 1 rings (SSSR count). The number of nitrogens with one attached hydrogen (secondary N) is 1. The molecule has 0 aliphatic heterocycles. The molecule has 3 N–H and O–H groups in total. The molecule has 0 heterocycles. The number of carbonyl (C=O) groups is 1. The predicted octanol–water partition coefficient (Wildman–Crippen LogP) is 1.44. The highest BCUT2D eigenvalue weighted by Gasteiger charge is 2.20. The van der Waals surface area contributed by atoms with Crippen LogP contribution in [0.25, 0.3) is 0 Å². The van der Waals surface area contributed by atoms with Crippen molar-refractivity contribution < 1.29 is 9.53 Å². The third-order valence-corrected chi connectivity index (χ3v) is 3.40. The summed E-state index contributed by atoms with van der Waals surface area (Å²) in [5.41, 5.74) is 5.91. The Morgan fingerprint density at radius 2 is 2.12 bits per heavy atom. The molecule has 100 valence electrons. The summed E-state index contributed by atoms with van der Waals surface area (Å²) in [5, 5.41) is 2.82. The lowest BCUT2D eigenvalue weighted by molar-refractivity contribution is -0.123. The summed E-state index contributed by atoms with van der Waals surface area (Å²) in [6, 6.07) is -0.347. The van der Waals surface area contributed by atoms with Gasteiger partial charge in [0, 0.05) is 13.2 Å². The number of rotatable bonds is 7. The Morgan fingerprint density at radius 1 is 1.41 bits per heavy atom. The van der Waals surface area contributed by atoms with Crippen molar-refractivity contribution in [1.82, 2.24) is 5.32 Å². The Labute approximate surface area is 104 Å². The molecule has 0 radical (unpaired) electrons. The van der Waals surface area contributed by atoms with Crippen molar-refractivity contribution in [1.29, 1.82) is 0 Å². The van der Waals surface area contributed by atoms with Crippen LogP contribution in [0.5, 0.6) is 0 Å². The normalized spacial score (nSPS) is 18.9. The summed E-state index contributed by atoms with van der Waals surface area (Å²) in [4.78, 5) is 11.7. The Hall–Kier alpha value is -0.610. The summed E-state index contributed by atoms with van der Waals surface area (Å²) in [7, 11) is 0. The number of amides is 1. The second-order valence-corrected chi connectivity index (χ2v) is 4.83. The van der Waals surface area contributed by atoms with Gasteiger partial charge in [-0.15, -0.1) is 0 Å². The van der Waals surface area contributed by atoms with Crippen molar-refractivity contribution in [3.05, 3.63) is 0 Å². The Morgan fingerprint density at radius 3 is 2.76 bits per heavy atom. The van der Waals surface area contributed by atoms with Crippen molar-refractivity contribution in [2.45, 2.75) is 51.5 Å². The van der Waals surface area contributed by atoms with Gasteiger partial charge in [-0.05, 0) is 19.3 Å². The fraction of sp³-hybridized carbons (Fsp3) is 0.923. The van der Waals surface area contributed by atoms with Crippen LogP contribution in [0.4, 0.5) is 0 Å². The lowest BCUT2D eigenvalue weighted by Gasteiger charge is -2.24. The summed E-state index contributed by atoms with van der Waals surface area (Å²) >= 11 is 0. The number of nitrogens with two attached hydrogens (primary N) is 1. The van der Waals surface area contributed by atoms with Gasteiger partial charge in [0.15, 0.2) is 0 Å². The third-order valence-electron chi connectivity index (χ3n) is 3.40. The molecular weight excluding hydrogens is 216 g/mol. The zero-order valence-corrected chi connectivity index (χ0v) is 10.9. The van der Waals surface area contributed by atoms with E-state index in [1.54, 1.807) is 0 Å². The van der Waals surface area contributed by atoms with Crippen LogP contribution >= 0.6 is 0 Å². The molecule has 0 aromatic rings. The molecule has 4 heteroatoms. The van der Waals surface area contributed by atoms with Gasteiger partial charge in [-0.2, -0.15) is 0 Å². The average Bonchev–Trinajstić information content (AvgIpc) is 2.35. The van der Waals surface area contributed by atoms with E-state index in [-0.39, 0.29) is 11.9 Å². The van der Waals surface area contributed by atoms with Crippen molar-refractivity contribution >= 4 is 5.91 Å². The van der Waals surface area contributed by atoms with Gasteiger partial charge in [0.05, 0.1) is 12.6 Å². The van der Waals surface area contributed by atoms with Gasteiger partial charge >= 0.3 is 0 Å². The molecule has 0 aromatic carbocycles. The van der Waals surface area contributed by atoms with E-state index in [2.05, 4.69) is 5.32 Å². The number of hydrogen-bond donors (Lipinski definition) is 2. The minimum atomic E-state index is -0.347. The second-order valence-electron chi connectivity index (χ2n) is 4.83. The molecular formula is C13H26N2O2. The Balaban J connectivity index is 2.12.